The van der Waals surface area contributed by atoms with Crippen LogP contribution >= 0.6 is 0 Å². The lowest BCUT2D eigenvalue weighted by Gasteiger charge is -2.33. The summed E-state index contributed by atoms with van der Waals surface area (Å²) >= 11 is 0. The highest BCUT2D eigenvalue weighted by atomic mass is 16.5. The molecule has 0 saturated carbocycles. The molecule has 7 nitrogen and oxygen atoms in total. The van der Waals surface area contributed by atoms with Crippen molar-refractivity contribution in [2.45, 2.75) is 89.9 Å². The van der Waals surface area contributed by atoms with Crippen molar-refractivity contribution >= 4 is 5.91 Å². The van der Waals surface area contributed by atoms with Crippen LogP contribution in [-0.4, -0.2) is 82.8 Å². The zero-order chi connectivity index (χ0) is 19.9. The van der Waals surface area contributed by atoms with Gasteiger partial charge >= 0.3 is 0 Å². The third kappa shape index (κ3) is 6.46. The molecule has 1 rings (SSSR count). The van der Waals surface area contributed by atoms with Crippen LogP contribution in [0.5, 0.6) is 0 Å². The third-order valence-electron chi connectivity index (χ3n) is 5.19. The summed E-state index contributed by atoms with van der Waals surface area (Å²) in [6, 6.07) is -0.671. The molecule has 0 spiro atoms. The van der Waals surface area contributed by atoms with Crippen LogP contribution in [0.1, 0.15) is 53.4 Å². The lowest BCUT2D eigenvalue weighted by atomic mass is 9.97. The van der Waals surface area contributed by atoms with Crippen LogP contribution in [-0.2, 0) is 9.53 Å². The summed E-state index contributed by atoms with van der Waals surface area (Å²) < 4.78 is 5.69. The Morgan fingerprint density at radius 2 is 1.85 bits per heavy atom. The van der Waals surface area contributed by atoms with Crippen molar-refractivity contribution in [1.29, 1.82) is 0 Å². The largest absolute Gasteiger partial charge is 0.391 e. The van der Waals surface area contributed by atoms with Crippen molar-refractivity contribution in [2.24, 2.45) is 5.92 Å². The fourth-order valence-electron chi connectivity index (χ4n) is 3.70. The molecule has 154 valence electrons. The predicted octanol–water partition coefficient (Wildman–Crippen LogP) is 0.509. The standard InChI is InChI=1S/C19H38N2O5/c1-6-8-14-10-15(21(5)11-14)19(25)20-12(3)18(26-9-7-2)17(24)16(23)13(4)22/h12-18,22-24H,6-11H2,1-5H3,(H,20,25)/t12?,13-,14+,15-,16+,17+,18?/m0/s1. The maximum atomic E-state index is 12.7. The van der Waals surface area contributed by atoms with Crippen molar-refractivity contribution in [3.63, 3.8) is 0 Å². The summed E-state index contributed by atoms with van der Waals surface area (Å²) in [5.41, 5.74) is 0. The molecule has 0 bridgehead atoms. The van der Waals surface area contributed by atoms with Crippen molar-refractivity contribution in [2.75, 3.05) is 20.2 Å². The molecular weight excluding hydrogens is 336 g/mol. The van der Waals surface area contributed by atoms with Crippen molar-refractivity contribution in [1.82, 2.24) is 10.2 Å². The highest BCUT2D eigenvalue weighted by Crippen LogP contribution is 2.25. The number of likely N-dealkylation sites (tertiary alicyclic amines) is 1. The van der Waals surface area contributed by atoms with E-state index in [-0.39, 0.29) is 11.9 Å². The van der Waals surface area contributed by atoms with E-state index in [1.807, 2.05) is 14.0 Å². The maximum absolute atomic E-state index is 12.7. The first-order valence-electron chi connectivity index (χ1n) is 9.89. The maximum Gasteiger partial charge on any atom is 0.237 e. The average molecular weight is 375 g/mol. The topological polar surface area (TPSA) is 102 Å². The van der Waals surface area contributed by atoms with Crippen LogP contribution < -0.4 is 5.32 Å². The van der Waals surface area contributed by atoms with Crippen molar-refractivity contribution in [3.8, 4) is 0 Å². The summed E-state index contributed by atoms with van der Waals surface area (Å²) in [4.78, 5) is 14.8. The summed E-state index contributed by atoms with van der Waals surface area (Å²) in [5.74, 6) is 0.452. The summed E-state index contributed by atoms with van der Waals surface area (Å²) in [6.07, 6.45) is -0.686. The average Bonchev–Trinajstić information content (AvgIpc) is 2.95. The Morgan fingerprint density at radius 3 is 2.38 bits per heavy atom. The molecule has 7 heteroatoms. The fraction of sp³-hybridized carbons (Fsp3) is 0.947. The number of nitrogens with one attached hydrogen (secondary N) is 1. The molecule has 0 radical (unpaired) electrons. The summed E-state index contributed by atoms with van der Waals surface area (Å²) in [6.45, 7) is 8.58. The van der Waals surface area contributed by atoms with Gasteiger partial charge in [-0.15, -0.1) is 0 Å². The Morgan fingerprint density at radius 1 is 1.19 bits per heavy atom. The lowest BCUT2D eigenvalue weighted by molar-refractivity contribution is -0.137. The van der Waals surface area contributed by atoms with E-state index in [0.29, 0.717) is 12.5 Å². The number of aliphatic hydroxyl groups excluding tert-OH is 3. The second-order valence-corrected chi connectivity index (χ2v) is 7.70. The van der Waals surface area contributed by atoms with Gasteiger partial charge < -0.3 is 25.4 Å². The van der Waals surface area contributed by atoms with Crippen LogP contribution in [0, 0.1) is 5.92 Å². The summed E-state index contributed by atoms with van der Waals surface area (Å²) in [7, 11) is 1.96. The van der Waals surface area contributed by atoms with Gasteiger partial charge in [-0.05, 0) is 46.1 Å². The molecule has 26 heavy (non-hydrogen) atoms. The number of nitrogens with zero attached hydrogens (tertiary/aromatic N) is 1. The SMILES string of the molecule is CCCOC(C(C)NC(=O)[C@@H]1C[C@@H](CCC)CN1C)[C@H](O)[C@H](O)[C@H](C)O. The first kappa shape index (κ1) is 23.3. The molecule has 1 fully saturated rings. The number of ether oxygens (including phenoxy) is 1. The number of likely N-dealkylation sites (N-methyl/N-ethyl adjacent to an activating group) is 1. The molecule has 1 aliphatic rings. The van der Waals surface area contributed by atoms with E-state index in [4.69, 9.17) is 4.74 Å². The highest BCUT2D eigenvalue weighted by Gasteiger charge is 2.38. The van der Waals surface area contributed by atoms with Crippen LogP contribution in [0.4, 0.5) is 0 Å². The van der Waals surface area contributed by atoms with Gasteiger partial charge in [0.15, 0.2) is 0 Å². The smallest absolute Gasteiger partial charge is 0.237 e. The van der Waals surface area contributed by atoms with Gasteiger partial charge in [0.2, 0.25) is 5.91 Å². The normalized spacial score (nSPS) is 26.9. The van der Waals surface area contributed by atoms with Crippen LogP contribution in [0.2, 0.25) is 0 Å². The molecule has 0 aromatic carbocycles. The van der Waals surface area contributed by atoms with Gasteiger partial charge in [0.25, 0.3) is 0 Å². The van der Waals surface area contributed by atoms with Crippen LogP contribution in [0.3, 0.4) is 0 Å². The van der Waals surface area contributed by atoms with Crippen molar-refractivity contribution in [3.05, 3.63) is 0 Å². The third-order valence-corrected chi connectivity index (χ3v) is 5.19. The number of carbonyl (C=O) groups is 1. The Hall–Kier alpha value is -0.730. The number of hydrogen-bond acceptors (Lipinski definition) is 6. The molecule has 0 aliphatic carbocycles. The lowest BCUT2D eigenvalue weighted by Crippen LogP contribution is -2.56. The molecule has 1 amide bonds. The Bertz CT molecular complexity index is 421. The van der Waals surface area contributed by atoms with E-state index >= 15 is 0 Å². The first-order chi connectivity index (χ1) is 12.2. The Labute approximate surface area is 157 Å². The second kappa shape index (κ2) is 11.2. The quantitative estimate of drug-likeness (QED) is 0.420. The van der Waals surface area contributed by atoms with E-state index in [1.165, 1.54) is 6.92 Å². The number of rotatable bonds is 11. The van der Waals surface area contributed by atoms with Crippen molar-refractivity contribution < 1.29 is 24.9 Å². The van der Waals surface area contributed by atoms with E-state index < -0.39 is 30.5 Å². The number of aliphatic hydroxyl groups is 3. The van der Waals surface area contributed by atoms with Gasteiger partial charge in [-0.25, -0.2) is 0 Å². The van der Waals surface area contributed by atoms with Crippen LogP contribution in [0.25, 0.3) is 0 Å². The second-order valence-electron chi connectivity index (χ2n) is 7.70. The van der Waals surface area contributed by atoms with E-state index in [9.17, 15) is 20.1 Å². The first-order valence-corrected chi connectivity index (χ1v) is 9.89. The van der Waals surface area contributed by atoms with Crippen LogP contribution in [0.15, 0.2) is 0 Å². The van der Waals surface area contributed by atoms with E-state index in [2.05, 4.69) is 17.1 Å². The molecule has 0 aromatic heterocycles. The number of amides is 1. The number of carbonyl (C=O) groups excluding carboxylic acids is 1. The van der Waals surface area contributed by atoms with E-state index in [1.54, 1.807) is 6.92 Å². The zero-order valence-electron chi connectivity index (χ0n) is 16.9. The van der Waals surface area contributed by atoms with Gasteiger partial charge in [0.1, 0.15) is 18.3 Å². The van der Waals surface area contributed by atoms with Gasteiger partial charge in [0.05, 0.1) is 18.2 Å². The van der Waals surface area contributed by atoms with Gasteiger partial charge in [0, 0.05) is 13.2 Å². The zero-order valence-corrected chi connectivity index (χ0v) is 16.9. The molecule has 0 aromatic rings. The van der Waals surface area contributed by atoms with Gasteiger partial charge in [-0.3, -0.25) is 9.69 Å². The summed E-state index contributed by atoms with van der Waals surface area (Å²) in [5, 5.41) is 32.9. The monoisotopic (exact) mass is 374 g/mol. The van der Waals surface area contributed by atoms with E-state index in [0.717, 1.165) is 32.2 Å². The minimum absolute atomic E-state index is 0.0811. The fourth-order valence-corrected chi connectivity index (χ4v) is 3.70. The minimum atomic E-state index is -1.33. The predicted molar refractivity (Wildman–Crippen MR) is 101 cm³/mol. The highest BCUT2D eigenvalue weighted by molar-refractivity contribution is 5.82. The molecule has 1 saturated heterocycles. The molecule has 7 atom stereocenters. The molecule has 2 unspecified atom stereocenters. The van der Waals surface area contributed by atoms with Gasteiger partial charge in [-0.2, -0.15) is 0 Å². The Kier molecular flexibility index (Phi) is 10.0. The molecule has 1 aliphatic heterocycles. The molecule has 1 heterocycles. The van der Waals surface area contributed by atoms with Gasteiger partial charge in [-0.1, -0.05) is 20.3 Å². The Balaban J connectivity index is 2.72. The molecular formula is C19H38N2O5. The minimum Gasteiger partial charge on any atom is -0.391 e. The molecule has 4 N–H and O–H groups in total. The number of hydrogen-bond donors (Lipinski definition) is 4.